The van der Waals surface area contributed by atoms with Crippen molar-refractivity contribution in [3.05, 3.63) is 0 Å². The van der Waals surface area contributed by atoms with E-state index < -0.39 is 55.0 Å². The van der Waals surface area contributed by atoms with Crippen molar-refractivity contribution in [2.75, 3.05) is 13.7 Å². The van der Waals surface area contributed by atoms with E-state index in [-0.39, 0.29) is 25.0 Å². The zero-order chi connectivity index (χ0) is 19.1. The number of hydrogen-bond acceptors (Lipinski definition) is 9. The second-order valence-electron chi connectivity index (χ2n) is 5.95. The molecule has 0 bridgehead atoms. The first-order valence-corrected chi connectivity index (χ1v) is 7.88. The SMILES string of the molecule is COC(=O)[C@H]1CC(O)[C@@H](NC(=O)CCC(C)=O)C([C@H](O)[C@H](O)CO)O1. The van der Waals surface area contributed by atoms with Crippen LogP contribution in [-0.4, -0.2) is 88.4 Å². The zero-order valence-corrected chi connectivity index (χ0v) is 14.1. The van der Waals surface area contributed by atoms with Crippen LogP contribution in [-0.2, 0) is 23.9 Å². The lowest BCUT2D eigenvalue weighted by molar-refractivity contribution is -0.197. The third-order valence-electron chi connectivity index (χ3n) is 3.96. The van der Waals surface area contributed by atoms with Gasteiger partial charge in [-0.25, -0.2) is 4.79 Å². The van der Waals surface area contributed by atoms with Crippen molar-refractivity contribution in [2.45, 2.75) is 62.7 Å². The molecule has 0 aromatic heterocycles. The average Bonchev–Trinajstić information content (AvgIpc) is 2.59. The molecule has 10 heteroatoms. The van der Waals surface area contributed by atoms with E-state index in [1.54, 1.807) is 0 Å². The standard InChI is InChI=1S/C15H25NO9/c1-7(18)3-4-11(21)16-12-8(19)5-10(15(23)24-2)25-14(12)13(22)9(20)6-17/h8-10,12-14,17,19-20,22H,3-6H2,1-2H3,(H,16,21)/t8?,9-,10-,12-,13-,14?/m1/s1. The Hall–Kier alpha value is -1.59. The highest BCUT2D eigenvalue weighted by atomic mass is 16.6. The number of esters is 1. The minimum atomic E-state index is -1.68. The van der Waals surface area contributed by atoms with Crippen LogP contribution in [0.15, 0.2) is 0 Å². The van der Waals surface area contributed by atoms with Gasteiger partial charge in [-0.1, -0.05) is 0 Å². The number of aliphatic hydroxyl groups excluding tert-OH is 4. The summed E-state index contributed by atoms with van der Waals surface area (Å²) in [5.74, 6) is -1.53. The molecule has 1 amide bonds. The van der Waals surface area contributed by atoms with Crippen LogP contribution in [0.1, 0.15) is 26.2 Å². The second kappa shape index (κ2) is 9.78. The van der Waals surface area contributed by atoms with Crippen LogP contribution in [0.4, 0.5) is 0 Å². The van der Waals surface area contributed by atoms with Crippen molar-refractivity contribution in [2.24, 2.45) is 0 Å². The number of nitrogens with one attached hydrogen (secondary N) is 1. The summed E-state index contributed by atoms with van der Waals surface area (Å²) in [5, 5.41) is 41.5. The second-order valence-corrected chi connectivity index (χ2v) is 5.95. The Balaban J connectivity index is 2.91. The minimum absolute atomic E-state index is 0.00672. The lowest BCUT2D eigenvalue weighted by Crippen LogP contribution is -2.63. The maximum atomic E-state index is 11.9. The van der Waals surface area contributed by atoms with Crippen LogP contribution in [0.3, 0.4) is 0 Å². The number of amides is 1. The zero-order valence-electron chi connectivity index (χ0n) is 14.1. The number of Topliss-reactive ketones (excluding diaryl/α,β-unsaturated/α-hetero) is 1. The van der Waals surface area contributed by atoms with Crippen molar-refractivity contribution in [1.29, 1.82) is 0 Å². The van der Waals surface area contributed by atoms with Gasteiger partial charge in [0.05, 0.1) is 25.9 Å². The Labute approximate surface area is 144 Å². The third-order valence-corrected chi connectivity index (χ3v) is 3.96. The lowest BCUT2D eigenvalue weighted by atomic mass is 9.90. The summed E-state index contributed by atoms with van der Waals surface area (Å²) >= 11 is 0. The predicted octanol–water partition coefficient (Wildman–Crippen LogP) is -2.75. The number of ether oxygens (including phenoxy) is 2. The van der Waals surface area contributed by atoms with Crippen LogP contribution in [0.5, 0.6) is 0 Å². The van der Waals surface area contributed by atoms with Gasteiger partial charge in [0.25, 0.3) is 0 Å². The van der Waals surface area contributed by atoms with E-state index in [2.05, 4.69) is 10.1 Å². The van der Waals surface area contributed by atoms with Crippen molar-refractivity contribution >= 4 is 17.7 Å². The number of hydrogen-bond donors (Lipinski definition) is 5. The highest BCUT2D eigenvalue weighted by molar-refractivity contribution is 5.83. The maximum absolute atomic E-state index is 11.9. The summed E-state index contributed by atoms with van der Waals surface area (Å²) in [6.07, 6.45) is -7.42. The van der Waals surface area contributed by atoms with E-state index in [4.69, 9.17) is 9.84 Å². The van der Waals surface area contributed by atoms with E-state index in [0.29, 0.717) is 0 Å². The largest absolute Gasteiger partial charge is 0.467 e. The molecule has 5 N–H and O–H groups in total. The Bertz CT molecular complexity index is 484. The third kappa shape index (κ3) is 6.01. The molecule has 6 atom stereocenters. The Morgan fingerprint density at radius 1 is 1.28 bits per heavy atom. The van der Waals surface area contributed by atoms with Crippen LogP contribution in [0.2, 0.25) is 0 Å². The summed E-state index contributed by atoms with van der Waals surface area (Å²) in [6, 6.07) is -1.14. The Kier molecular flexibility index (Phi) is 8.39. The Morgan fingerprint density at radius 3 is 2.44 bits per heavy atom. The smallest absolute Gasteiger partial charge is 0.335 e. The van der Waals surface area contributed by atoms with Crippen LogP contribution < -0.4 is 5.32 Å². The molecule has 2 unspecified atom stereocenters. The maximum Gasteiger partial charge on any atom is 0.335 e. The number of ketones is 1. The topological polar surface area (TPSA) is 163 Å². The number of carbonyl (C=O) groups excluding carboxylic acids is 3. The minimum Gasteiger partial charge on any atom is -0.467 e. The molecule has 10 nitrogen and oxygen atoms in total. The first-order valence-electron chi connectivity index (χ1n) is 7.88. The van der Waals surface area contributed by atoms with Gasteiger partial charge in [0.15, 0.2) is 6.10 Å². The predicted molar refractivity (Wildman–Crippen MR) is 82.2 cm³/mol. The first-order chi connectivity index (χ1) is 11.7. The van der Waals surface area contributed by atoms with Gasteiger partial charge in [-0.3, -0.25) is 4.79 Å². The summed E-state index contributed by atoms with van der Waals surface area (Å²) < 4.78 is 9.94. The molecule has 0 saturated carbocycles. The monoisotopic (exact) mass is 363 g/mol. The van der Waals surface area contributed by atoms with Crippen molar-refractivity contribution in [3.63, 3.8) is 0 Å². The van der Waals surface area contributed by atoms with E-state index in [0.717, 1.165) is 7.11 Å². The molecule has 1 aliphatic heterocycles. The number of methoxy groups -OCH3 is 1. The highest BCUT2D eigenvalue weighted by Gasteiger charge is 2.46. The molecule has 1 fully saturated rings. The number of carbonyl (C=O) groups is 3. The van der Waals surface area contributed by atoms with Crippen molar-refractivity contribution in [1.82, 2.24) is 5.32 Å². The van der Waals surface area contributed by atoms with Gasteiger partial charge >= 0.3 is 5.97 Å². The molecule has 25 heavy (non-hydrogen) atoms. The van der Waals surface area contributed by atoms with Crippen molar-refractivity contribution in [3.8, 4) is 0 Å². The number of aliphatic hydroxyl groups is 4. The first kappa shape index (κ1) is 21.5. The average molecular weight is 363 g/mol. The van der Waals surface area contributed by atoms with Gasteiger partial charge in [-0.05, 0) is 6.92 Å². The molecule has 0 aromatic carbocycles. The van der Waals surface area contributed by atoms with E-state index in [9.17, 15) is 29.7 Å². The molecule has 1 saturated heterocycles. The van der Waals surface area contributed by atoms with E-state index in [1.807, 2.05) is 0 Å². The molecule has 1 rings (SSSR count). The lowest BCUT2D eigenvalue weighted by Gasteiger charge is -2.41. The fraction of sp³-hybridized carbons (Fsp3) is 0.800. The summed E-state index contributed by atoms with van der Waals surface area (Å²) in [7, 11) is 1.13. The van der Waals surface area contributed by atoms with E-state index in [1.165, 1.54) is 6.92 Å². The number of rotatable bonds is 8. The van der Waals surface area contributed by atoms with E-state index >= 15 is 0 Å². The molecule has 0 aromatic rings. The molecular weight excluding hydrogens is 338 g/mol. The summed E-state index contributed by atoms with van der Waals surface area (Å²) in [6.45, 7) is 0.544. The highest BCUT2D eigenvalue weighted by Crippen LogP contribution is 2.25. The Morgan fingerprint density at radius 2 is 1.92 bits per heavy atom. The van der Waals surface area contributed by atoms with Gasteiger partial charge in [-0.2, -0.15) is 0 Å². The van der Waals surface area contributed by atoms with Crippen molar-refractivity contribution < 1.29 is 44.3 Å². The summed E-state index contributed by atoms with van der Waals surface area (Å²) in [4.78, 5) is 34.5. The molecule has 0 radical (unpaired) electrons. The van der Waals surface area contributed by atoms with Crippen LogP contribution >= 0.6 is 0 Å². The van der Waals surface area contributed by atoms with Gasteiger partial charge in [0, 0.05) is 19.3 Å². The van der Waals surface area contributed by atoms with Gasteiger partial charge in [0.2, 0.25) is 5.91 Å². The van der Waals surface area contributed by atoms with Gasteiger partial charge < -0.3 is 40.0 Å². The summed E-state index contributed by atoms with van der Waals surface area (Å²) in [5.41, 5.74) is 0. The molecular formula is C15H25NO9. The molecule has 144 valence electrons. The molecule has 1 aliphatic rings. The van der Waals surface area contributed by atoms with Gasteiger partial charge in [0.1, 0.15) is 24.1 Å². The molecule has 0 spiro atoms. The van der Waals surface area contributed by atoms with Crippen LogP contribution in [0.25, 0.3) is 0 Å². The molecule has 0 aliphatic carbocycles. The quantitative estimate of drug-likeness (QED) is 0.288. The fourth-order valence-electron chi connectivity index (χ4n) is 2.54. The molecule has 1 heterocycles. The van der Waals surface area contributed by atoms with Crippen LogP contribution in [0, 0.1) is 0 Å². The fourth-order valence-corrected chi connectivity index (χ4v) is 2.54. The normalized spacial score (nSPS) is 28.7. The van der Waals surface area contributed by atoms with Gasteiger partial charge in [-0.15, -0.1) is 0 Å².